The molecular weight excluding hydrogens is 256 g/mol. The molecule has 0 fully saturated rings. The average Bonchev–Trinajstić information content (AvgIpc) is 2.41. The van der Waals surface area contributed by atoms with Crippen LogP contribution < -0.4 is 0 Å². The number of hydrogen-bond donors (Lipinski definition) is 1. The second-order valence-electron chi connectivity index (χ2n) is 4.86. The SMILES string of the molecule is C=CC(=O)O.C=CC(=O)OCCCCCCCC(C)C. The highest BCUT2D eigenvalue weighted by Crippen LogP contribution is 2.10. The summed E-state index contributed by atoms with van der Waals surface area (Å²) in [6.45, 7) is 11.4. The molecule has 0 unspecified atom stereocenters. The Bertz CT molecular complexity index is 282. The van der Waals surface area contributed by atoms with E-state index in [0.717, 1.165) is 24.8 Å². The van der Waals surface area contributed by atoms with Crippen LogP contribution in [0.3, 0.4) is 0 Å². The Morgan fingerprint density at radius 3 is 2.00 bits per heavy atom. The largest absolute Gasteiger partial charge is 0.478 e. The maximum Gasteiger partial charge on any atom is 0.330 e. The van der Waals surface area contributed by atoms with E-state index >= 15 is 0 Å². The van der Waals surface area contributed by atoms with Gasteiger partial charge >= 0.3 is 11.9 Å². The molecule has 116 valence electrons. The van der Waals surface area contributed by atoms with E-state index in [1.54, 1.807) is 0 Å². The zero-order valence-electron chi connectivity index (χ0n) is 12.8. The molecule has 0 aromatic heterocycles. The molecular formula is C16H28O4. The summed E-state index contributed by atoms with van der Waals surface area (Å²) in [6.07, 6.45) is 9.37. The Morgan fingerprint density at radius 2 is 1.55 bits per heavy atom. The molecule has 0 aromatic carbocycles. The van der Waals surface area contributed by atoms with Crippen molar-refractivity contribution in [2.75, 3.05) is 6.61 Å². The molecule has 0 aliphatic heterocycles. The predicted octanol–water partition coefficient (Wildman–Crippen LogP) is 3.97. The summed E-state index contributed by atoms with van der Waals surface area (Å²) in [4.78, 5) is 19.9. The van der Waals surface area contributed by atoms with Crippen LogP contribution in [0.2, 0.25) is 0 Å². The lowest BCUT2D eigenvalue weighted by Crippen LogP contribution is -2.01. The first-order valence-electron chi connectivity index (χ1n) is 7.08. The molecule has 0 aliphatic rings. The number of ether oxygens (including phenoxy) is 1. The fraction of sp³-hybridized carbons (Fsp3) is 0.625. The minimum absolute atomic E-state index is 0.310. The van der Waals surface area contributed by atoms with Crippen molar-refractivity contribution in [1.82, 2.24) is 0 Å². The lowest BCUT2D eigenvalue weighted by molar-refractivity contribution is -0.138. The highest BCUT2D eigenvalue weighted by atomic mass is 16.5. The Kier molecular flexibility index (Phi) is 16.0. The molecule has 4 heteroatoms. The van der Waals surface area contributed by atoms with Crippen molar-refractivity contribution < 1.29 is 19.4 Å². The van der Waals surface area contributed by atoms with Gasteiger partial charge in [0.05, 0.1) is 6.61 Å². The number of carbonyl (C=O) groups excluding carboxylic acids is 1. The van der Waals surface area contributed by atoms with Crippen LogP contribution in [0.25, 0.3) is 0 Å². The van der Waals surface area contributed by atoms with Gasteiger partial charge in [-0.1, -0.05) is 59.1 Å². The van der Waals surface area contributed by atoms with Gasteiger partial charge in [-0.2, -0.15) is 0 Å². The average molecular weight is 284 g/mol. The first-order chi connectivity index (χ1) is 9.43. The molecule has 0 heterocycles. The van der Waals surface area contributed by atoms with Gasteiger partial charge in [-0.25, -0.2) is 9.59 Å². The smallest absolute Gasteiger partial charge is 0.330 e. The number of carboxylic acid groups (broad SMARTS) is 1. The van der Waals surface area contributed by atoms with E-state index in [9.17, 15) is 9.59 Å². The maximum atomic E-state index is 10.7. The Hall–Kier alpha value is -1.58. The Labute approximate surface area is 122 Å². The van der Waals surface area contributed by atoms with Gasteiger partial charge in [0.15, 0.2) is 0 Å². The Balaban J connectivity index is 0. The molecule has 1 N–H and O–H groups in total. The van der Waals surface area contributed by atoms with E-state index < -0.39 is 5.97 Å². The van der Waals surface area contributed by atoms with E-state index in [4.69, 9.17) is 9.84 Å². The van der Waals surface area contributed by atoms with Crippen molar-refractivity contribution in [3.63, 3.8) is 0 Å². The summed E-state index contributed by atoms with van der Waals surface area (Å²) >= 11 is 0. The molecule has 0 rings (SSSR count). The summed E-state index contributed by atoms with van der Waals surface area (Å²) < 4.78 is 4.88. The van der Waals surface area contributed by atoms with E-state index in [1.165, 1.54) is 31.8 Å². The van der Waals surface area contributed by atoms with Crippen molar-refractivity contribution >= 4 is 11.9 Å². The van der Waals surface area contributed by atoms with E-state index in [0.29, 0.717) is 6.61 Å². The van der Waals surface area contributed by atoms with Crippen LogP contribution in [0.15, 0.2) is 25.3 Å². The molecule has 0 saturated carbocycles. The number of aliphatic carboxylic acids is 1. The summed E-state index contributed by atoms with van der Waals surface area (Å²) in [7, 11) is 0. The highest BCUT2D eigenvalue weighted by Gasteiger charge is 1.96. The van der Waals surface area contributed by atoms with Crippen molar-refractivity contribution in [3.8, 4) is 0 Å². The number of hydrogen-bond acceptors (Lipinski definition) is 3. The fourth-order valence-corrected chi connectivity index (χ4v) is 1.42. The molecule has 4 nitrogen and oxygen atoms in total. The quantitative estimate of drug-likeness (QED) is 0.374. The van der Waals surface area contributed by atoms with Crippen LogP contribution in [-0.4, -0.2) is 23.7 Å². The van der Waals surface area contributed by atoms with Crippen LogP contribution in [0.1, 0.15) is 52.4 Å². The molecule has 0 aliphatic carbocycles. The lowest BCUT2D eigenvalue weighted by atomic mass is 10.0. The van der Waals surface area contributed by atoms with E-state index in [2.05, 4.69) is 27.0 Å². The zero-order chi connectivity index (χ0) is 15.8. The van der Waals surface area contributed by atoms with Gasteiger partial charge in [-0.05, 0) is 12.3 Å². The molecule has 0 atom stereocenters. The Morgan fingerprint density at radius 1 is 1.05 bits per heavy atom. The van der Waals surface area contributed by atoms with Gasteiger partial charge in [0, 0.05) is 12.2 Å². The van der Waals surface area contributed by atoms with Gasteiger partial charge in [0.2, 0.25) is 0 Å². The normalized spacial score (nSPS) is 9.35. The molecule has 0 radical (unpaired) electrons. The van der Waals surface area contributed by atoms with Crippen LogP contribution in [0.4, 0.5) is 0 Å². The van der Waals surface area contributed by atoms with Crippen molar-refractivity contribution in [1.29, 1.82) is 0 Å². The number of carboxylic acids is 1. The molecule has 0 saturated heterocycles. The predicted molar refractivity (Wildman–Crippen MR) is 81.5 cm³/mol. The summed E-state index contributed by atoms with van der Waals surface area (Å²) in [5.74, 6) is -0.474. The van der Waals surface area contributed by atoms with Gasteiger partial charge in [-0.3, -0.25) is 0 Å². The fourth-order valence-electron chi connectivity index (χ4n) is 1.42. The number of esters is 1. The van der Waals surface area contributed by atoms with Gasteiger partial charge in [0.1, 0.15) is 0 Å². The number of rotatable bonds is 10. The topological polar surface area (TPSA) is 63.6 Å². The third kappa shape index (κ3) is 21.7. The lowest BCUT2D eigenvalue weighted by Gasteiger charge is -2.04. The first-order valence-corrected chi connectivity index (χ1v) is 7.08. The van der Waals surface area contributed by atoms with Gasteiger partial charge in [-0.15, -0.1) is 0 Å². The first kappa shape index (κ1) is 20.7. The minimum Gasteiger partial charge on any atom is -0.478 e. The highest BCUT2D eigenvalue weighted by molar-refractivity contribution is 5.81. The molecule has 0 spiro atoms. The van der Waals surface area contributed by atoms with Crippen LogP contribution in [0.5, 0.6) is 0 Å². The molecule has 0 aromatic rings. The zero-order valence-corrected chi connectivity index (χ0v) is 12.8. The van der Waals surface area contributed by atoms with E-state index in [-0.39, 0.29) is 5.97 Å². The van der Waals surface area contributed by atoms with Gasteiger partial charge < -0.3 is 9.84 Å². The second-order valence-corrected chi connectivity index (χ2v) is 4.86. The second kappa shape index (κ2) is 15.5. The third-order valence-corrected chi connectivity index (χ3v) is 2.51. The van der Waals surface area contributed by atoms with Crippen LogP contribution in [-0.2, 0) is 14.3 Å². The summed E-state index contributed by atoms with van der Waals surface area (Å²) in [5.41, 5.74) is 0. The van der Waals surface area contributed by atoms with Crippen molar-refractivity contribution in [2.45, 2.75) is 52.4 Å². The number of carbonyl (C=O) groups is 2. The summed E-state index contributed by atoms with van der Waals surface area (Å²) in [5, 5.41) is 7.60. The monoisotopic (exact) mass is 284 g/mol. The minimum atomic E-state index is -0.981. The van der Waals surface area contributed by atoms with Crippen LogP contribution >= 0.6 is 0 Å². The van der Waals surface area contributed by atoms with Crippen molar-refractivity contribution in [2.24, 2.45) is 5.92 Å². The maximum absolute atomic E-state index is 10.7. The third-order valence-electron chi connectivity index (χ3n) is 2.51. The molecule has 0 bridgehead atoms. The number of unbranched alkanes of at least 4 members (excludes halogenated alkanes) is 4. The van der Waals surface area contributed by atoms with Gasteiger partial charge in [0.25, 0.3) is 0 Å². The van der Waals surface area contributed by atoms with E-state index in [1.807, 2.05) is 0 Å². The van der Waals surface area contributed by atoms with Crippen molar-refractivity contribution in [3.05, 3.63) is 25.3 Å². The standard InChI is InChI=1S/C13H24O2.C3H4O2/c1-4-13(14)15-11-9-7-5-6-8-10-12(2)3;1-2-3(4)5/h4,12H,1,5-11H2,2-3H3;2H,1H2,(H,4,5). The summed E-state index contributed by atoms with van der Waals surface area (Å²) in [6, 6.07) is 0. The van der Waals surface area contributed by atoms with Crippen LogP contribution in [0, 0.1) is 5.92 Å². The molecule has 20 heavy (non-hydrogen) atoms. The molecule has 0 amide bonds.